The van der Waals surface area contributed by atoms with E-state index >= 15 is 0 Å². The van der Waals surface area contributed by atoms with Crippen LogP contribution in [0, 0.1) is 0 Å². The second-order valence-corrected chi connectivity index (χ2v) is 4.43. The summed E-state index contributed by atoms with van der Waals surface area (Å²) >= 11 is 0. The van der Waals surface area contributed by atoms with Crippen LogP contribution in [0.4, 0.5) is 5.82 Å². The summed E-state index contributed by atoms with van der Waals surface area (Å²) in [5.41, 5.74) is 0.764. The lowest BCUT2D eigenvalue weighted by Crippen LogP contribution is -2.48. The molecule has 3 heterocycles. The van der Waals surface area contributed by atoms with Gasteiger partial charge in [0, 0.05) is 38.4 Å². The van der Waals surface area contributed by atoms with E-state index in [0.717, 1.165) is 31.8 Å². The minimum absolute atomic E-state index is 0.108. The third kappa shape index (κ3) is 2.65. The molecule has 0 aromatic carbocycles. The fourth-order valence-electron chi connectivity index (χ4n) is 2.10. The molecule has 0 spiro atoms. The average molecular weight is 260 g/mol. The number of carbonyl (C=O) groups excluding carboxylic acids is 1. The molecular formula is C12H16N6O. The first-order valence-corrected chi connectivity index (χ1v) is 6.36. The molecule has 1 aliphatic heterocycles. The maximum absolute atomic E-state index is 12.0. The first-order chi connectivity index (χ1) is 9.33. The first-order valence-electron chi connectivity index (χ1n) is 6.36. The molecule has 3 rings (SSSR count). The van der Waals surface area contributed by atoms with Crippen LogP contribution in [0.25, 0.3) is 5.65 Å². The van der Waals surface area contributed by atoms with Gasteiger partial charge in [0.2, 0.25) is 5.91 Å². The largest absolute Gasteiger partial charge is 0.361 e. The Bertz CT molecular complexity index is 574. The molecule has 0 atom stereocenters. The number of aromatic nitrogens is 3. The third-order valence-corrected chi connectivity index (χ3v) is 3.15. The van der Waals surface area contributed by atoms with Gasteiger partial charge < -0.3 is 15.5 Å². The van der Waals surface area contributed by atoms with Gasteiger partial charge in [-0.1, -0.05) is 0 Å². The summed E-state index contributed by atoms with van der Waals surface area (Å²) in [5, 5.41) is 10.4. The monoisotopic (exact) mass is 260 g/mol. The smallest absolute Gasteiger partial charge is 0.242 e. The molecule has 1 aliphatic rings. The van der Waals surface area contributed by atoms with E-state index in [0.29, 0.717) is 5.82 Å². The number of piperazine rings is 1. The number of carbonyl (C=O) groups is 1. The minimum atomic E-state index is 0.108. The van der Waals surface area contributed by atoms with Crippen LogP contribution in [0.1, 0.15) is 0 Å². The number of nitrogens with zero attached hydrogens (tertiary/aromatic N) is 4. The fraction of sp³-hybridized carbons (Fsp3) is 0.417. The highest BCUT2D eigenvalue weighted by Crippen LogP contribution is 2.05. The molecule has 0 saturated carbocycles. The molecule has 1 saturated heterocycles. The minimum Gasteiger partial charge on any atom is -0.361 e. The molecule has 2 N–H and O–H groups in total. The van der Waals surface area contributed by atoms with Gasteiger partial charge in [0.1, 0.15) is 5.82 Å². The van der Waals surface area contributed by atoms with Gasteiger partial charge in [-0.25, -0.2) is 9.50 Å². The van der Waals surface area contributed by atoms with E-state index in [9.17, 15) is 4.79 Å². The second kappa shape index (κ2) is 5.23. The molecule has 0 radical (unpaired) electrons. The molecule has 0 bridgehead atoms. The van der Waals surface area contributed by atoms with Crippen LogP contribution in [0.5, 0.6) is 0 Å². The summed E-state index contributed by atoms with van der Waals surface area (Å²) in [6.45, 7) is 3.56. The fourth-order valence-corrected chi connectivity index (χ4v) is 2.10. The van der Waals surface area contributed by atoms with Crippen molar-refractivity contribution < 1.29 is 4.79 Å². The lowest BCUT2D eigenvalue weighted by molar-refractivity contribution is -0.129. The molecule has 2 aromatic heterocycles. The first kappa shape index (κ1) is 11.9. The summed E-state index contributed by atoms with van der Waals surface area (Å²) in [5.74, 6) is 0.799. The van der Waals surface area contributed by atoms with Crippen LogP contribution in [-0.4, -0.2) is 58.1 Å². The van der Waals surface area contributed by atoms with E-state index in [1.165, 1.54) is 0 Å². The Kier molecular flexibility index (Phi) is 3.28. The Morgan fingerprint density at radius 3 is 3.05 bits per heavy atom. The highest BCUT2D eigenvalue weighted by atomic mass is 16.2. The maximum atomic E-state index is 12.0. The molecule has 100 valence electrons. The SMILES string of the molecule is O=C(CNc1ccn2nccc2n1)N1CCNCC1. The quantitative estimate of drug-likeness (QED) is 0.783. The van der Waals surface area contributed by atoms with E-state index in [4.69, 9.17) is 0 Å². The van der Waals surface area contributed by atoms with Gasteiger partial charge in [0.25, 0.3) is 0 Å². The molecule has 0 unspecified atom stereocenters. The van der Waals surface area contributed by atoms with E-state index < -0.39 is 0 Å². The lowest BCUT2D eigenvalue weighted by atomic mass is 10.3. The summed E-state index contributed by atoms with van der Waals surface area (Å²) in [6.07, 6.45) is 3.51. The van der Waals surface area contributed by atoms with Crippen molar-refractivity contribution in [2.75, 3.05) is 38.0 Å². The van der Waals surface area contributed by atoms with E-state index in [2.05, 4.69) is 20.7 Å². The molecule has 7 nitrogen and oxygen atoms in total. The van der Waals surface area contributed by atoms with Crippen molar-refractivity contribution in [3.63, 3.8) is 0 Å². The van der Waals surface area contributed by atoms with Gasteiger partial charge in [-0.3, -0.25) is 4.79 Å². The van der Waals surface area contributed by atoms with Crippen molar-refractivity contribution in [1.82, 2.24) is 24.8 Å². The second-order valence-electron chi connectivity index (χ2n) is 4.43. The van der Waals surface area contributed by atoms with Gasteiger partial charge in [0.05, 0.1) is 12.7 Å². The van der Waals surface area contributed by atoms with Crippen LogP contribution < -0.4 is 10.6 Å². The number of hydrogen-bond donors (Lipinski definition) is 2. The van der Waals surface area contributed by atoms with Crippen molar-refractivity contribution in [2.24, 2.45) is 0 Å². The molecule has 1 amide bonds. The van der Waals surface area contributed by atoms with Crippen LogP contribution in [0.3, 0.4) is 0 Å². The van der Waals surface area contributed by atoms with Gasteiger partial charge in [-0.05, 0) is 6.07 Å². The zero-order valence-corrected chi connectivity index (χ0v) is 10.5. The van der Waals surface area contributed by atoms with Gasteiger partial charge in [0.15, 0.2) is 5.65 Å². The molecule has 1 fully saturated rings. The van der Waals surface area contributed by atoms with Crippen LogP contribution >= 0.6 is 0 Å². The maximum Gasteiger partial charge on any atom is 0.242 e. The van der Waals surface area contributed by atoms with E-state index in [1.807, 2.05) is 23.2 Å². The standard InChI is InChI=1S/C12H16N6O/c19-12(17-7-4-13-5-8-17)9-14-10-2-6-18-11(16-10)1-3-15-18/h1-3,6,13H,4-5,7-9H2,(H,14,16). The van der Waals surface area contributed by atoms with Crippen molar-refractivity contribution in [1.29, 1.82) is 0 Å². The van der Waals surface area contributed by atoms with Gasteiger partial charge in [-0.15, -0.1) is 0 Å². The number of nitrogens with one attached hydrogen (secondary N) is 2. The van der Waals surface area contributed by atoms with Crippen molar-refractivity contribution >= 4 is 17.4 Å². The van der Waals surface area contributed by atoms with E-state index in [1.54, 1.807) is 10.7 Å². The predicted molar refractivity (Wildman–Crippen MR) is 70.9 cm³/mol. The molecular weight excluding hydrogens is 244 g/mol. The topological polar surface area (TPSA) is 74.6 Å². The molecule has 0 aliphatic carbocycles. The van der Waals surface area contributed by atoms with Gasteiger partial charge >= 0.3 is 0 Å². The van der Waals surface area contributed by atoms with Crippen molar-refractivity contribution in [2.45, 2.75) is 0 Å². The summed E-state index contributed by atoms with van der Waals surface area (Å²) in [6, 6.07) is 3.63. The number of rotatable bonds is 3. The van der Waals surface area contributed by atoms with Gasteiger partial charge in [-0.2, -0.15) is 5.10 Å². The third-order valence-electron chi connectivity index (χ3n) is 3.15. The van der Waals surface area contributed by atoms with Crippen LogP contribution in [0.2, 0.25) is 0 Å². The number of fused-ring (bicyclic) bond motifs is 1. The zero-order valence-electron chi connectivity index (χ0n) is 10.5. The number of hydrogen-bond acceptors (Lipinski definition) is 5. The summed E-state index contributed by atoms with van der Waals surface area (Å²) in [4.78, 5) is 18.2. The Labute approximate surface area is 110 Å². The number of amides is 1. The predicted octanol–water partition coefficient (Wildman–Crippen LogP) is -0.427. The Hall–Kier alpha value is -2.15. The molecule has 2 aromatic rings. The van der Waals surface area contributed by atoms with Crippen molar-refractivity contribution in [3.05, 3.63) is 24.5 Å². The number of anilines is 1. The van der Waals surface area contributed by atoms with Crippen LogP contribution in [0.15, 0.2) is 24.5 Å². The van der Waals surface area contributed by atoms with Crippen molar-refractivity contribution in [3.8, 4) is 0 Å². The Morgan fingerprint density at radius 2 is 2.21 bits per heavy atom. The lowest BCUT2D eigenvalue weighted by Gasteiger charge is -2.27. The van der Waals surface area contributed by atoms with Crippen LogP contribution in [-0.2, 0) is 4.79 Å². The summed E-state index contributed by atoms with van der Waals surface area (Å²) in [7, 11) is 0. The highest BCUT2D eigenvalue weighted by Gasteiger charge is 2.15. The highest BCUT2D eigenvalue weighted by molar-refractivity contribution is 5.80. The Morgan fingerprint density at radius 1 is 1.37 bits per heavy atom. The zero-order chi connectivity index (χ0) is 13.1. The Balaban J connectivity index is 1.60. The molecule has 19 heavy (non-hydrogen) atoms. The van der Waals surface area contributed by atoms with E-state index in [-0.39, 0.29) is 12.5 Å². The summed E-state index contributed by atoms with van der Waals surface area (Å²) < 4.78 is 1.68. The normalized spacial score (nSPS) is 15.7. The molecule has 7 heteroatoms. The average Bonchev–Trinajstić information content (AvgIpc) is 2.93.